The summed E-state index contributed by atoms with van der Waals surface area (Å²) in [6.45, 7) is 1.81. The molecule has 0 N–H and O–H groups in total. The van der Waals surface area contributed by atoms with E-state index in [1.54, 1.807) is 14.2 Å². The fourth-order valence-corrected chi connectivity index (χ4v) is 1.43. The maximum atomic E-state index is 5.19. The number of benzene rings is 1. The summed E-state index contributed by atoms with van der Waals surface area (Å²) in [5.74, 6) is -0.0659. The summed E-state index contributed by atoms with van der Waals surface area (Å²) in [6.07, 6.45) is 0. The molecule has 74 valence electrons. The van der Waals surface area contributed by atoms with Crippen molar-refractivity contribution >= 4 is 0 Å². The Morgan fingerprint density at radius 3 is 2.64 bits per heavy atom. The van der Waals surface area contributed by atoms with Crippen LogP contribution in [0.4, 0.5) is 0 Å². The maximum Gasteiger partial charge on any atom is 0.254 e. The van der Waals surface area contributed by atoms with Crippen molar-refractivity contribution in [2.24, 2.45) is 9.98 Å². The second-order valence-electron chi connectivity index (χ2n) is 3.19. The molecular weight excluding hydrogens is 180 g/mol. The molecular formula is C10H12N2O2. The van der Waals surface area contributed by atoms with Crippen molar-refractivity contribution in [2.75, 3.05) is 14.2 Å². The Morgan fingerprint density at radius 2 is 2.00 bits per heavy atom. The molecule has 1 heterocycles. The van der Waals surface area contributed by atoms with Crippen molar-refractivity contribution in [1.82, 2.24) is 0 Å². The zero-order chi connectivity index (χ0) is 10.2. The monoisotopic (exact) mass is 192 g/mol. The van der Waals surface area contributed by atoms with Gasteiger partial charge in [-0.05, 0) is 12.1 Å². The van der Waals surface area contributed by atoms with E-state index in [0.717, 1.165) is 16.5 Å². The summed E-state index contributed by atoms with van der Waals surface area (Å²) >= 11 is 0. The summed E-state index contributed by atoms with van der Waals surface area (Å²) in [7, 11) is 3.21. The highest BCUT2D eigenvalue weighted by Crippen LogP contribution is 2.14. The largest absolute Gasteiger partial charge is 0.494 e. The van der Waals surface area contributed by atoms with Crippen LogP contribution >= 0.6 is 0 Å². The van der Waals surface area contributed by atoms with Gasteiger partial charge in [-0.1, -0.05) is 6.07 Å². The third-order valence-corrected chi connectivity index (χ3v) is 2.23. The second-order valence-corrected chi connectivity index (χ2v) is 3.19. The fourth-order valence-electron chi connectivity index (χ4n) is 1.43. The first-order valence-corrected chi connectivity index (χ1v) is 4.36. The van der Waals surface area contributed by atoms with Crippen LogP contribution in [-0.4, -0.2) is 20.1 Å². The zero-order valence-corrected chi connectivity index (χ0v) is 8.44. The number of hydrogen-bond acceptors (Lipinski definition) is 4. The first-order chi connectivity index (χ1) is 6.68. The van der Waals surface area contributed by atoms with Crippen LogP contribution in [0.2, 0.25) is 0 Å². The van der Waals surface area contributed by atoms with Gasteiger partial charge in [0, 0.05) is 14.0 Å². The minimum atomic E-state index is -0.795. The molecule has 0 fully saturated rings. The van der Waals surface area contributed by atoms with Gasteiger partial charge in [0.1, 0.15) is 11.1 Å². The smallest absolute Gasteiger partial charge is 0.254 e. The van der Waals surface area contributed by atoms with E-state index in [4.69, 9.17) is 9.47 Å². The van der Waals surface area contributed by atoms with E-state index in [1.807, 2.05) is 25.1 Å². The van der Waals surface area contributed by atoms with Crippen molar-refractivity contribution in [2.45, 2.75) is 12.8 Å². The van der Waals surface area contributed by atoms with E-state index in [1.165, 1.54) is 0 Å². The van der Waals surface area contributed by atoms with Gasteiger partial charge in [-0.2, -0.15) is 0 Å². The number of rotatable bonds is 2. The highest BCUT2D eigenvalue weighted by atomic mass is 16.5. The standard InChI is InChI=1S/C10H12N2O2/c1-10(14-3)11-7-5-4-6-8(13-2)9(7)12-10/h4-6H,1-3H3. The summed E-state index contributed by atoms with van der Waals surface area (Å²) in [6, 6.07) is 5.64. The number of hydrogen-bond donors (Lipinski definition) is 0. The van der Waals surface area contributed by atoms with Gasteiger partial charge in [0.15, 0.2) is 0 Å². The van der Waals surface area contributed by atoms with Gasteiger partial charge in [0.2, 0.25) is 0 Å². The molecule has 0 spiro atoms. The summed E-state index contributed by atoms with van der Waals surface area (Å²) < 4.78 is 10.4. The molecule has 1 unspecified atom stereocenters. The number of fused-ring (bicyclic) bond motifs is 1. The quantitative estimate of drug-likeness (QED) is 0.675. The number of nitrogens with zero attached hydrogens (tertiary/aromatic N) is 2. The van der Waals surface area contributed by atoms with Gasteiger partial charge in [-0.15, -0.1) is 0 Å². The molecule has 1 aliphatic heterocycles. The van der Waals surface area contributed by atoms with Crippen LogP contribution in [0, 0.1) is 0 Å². The molecule has 2 rings (SSSR count). The lowest BCUT2D eigenvalue weighted by molar-refractivity contribution is 0.0205. The Labute approximate surface area is 81.9 Å². The van der Waals surface area contributed by atoms with Gasteiger partial charge in [0.05, 0.1) is 12.5 Å². The highest BCUT2D eigenvalue weighted by Gasteiger charge is 2.25. The minimum absolute atomic E-state index is 0.729. The SMILES string of the molecule is COc1cccc2c1=NC(C)(OC)N=2. The lowest BCUT2D eigenvalue weighted by Gasteiger charge is -2.13. The van der Waals surface area contributed by atoms with Gasteiger partial charge >= 0.3 is 0 Å². The molecule has 0 amide bonds. The molecule has 0 saturated carbocycles. The zero-order valence-electron chi connectivity index (χ0n) is 8.44. The van der Waals surface area contributed by atoms with Crippen molar-refractivity contribution in [3.8, 4) is 5.75 Å². The van der Waals surface area contributed by atoms with Crippen molar-refractivity contribution in [1.29, 1.82) is 0 Å². The van der Waals surface area contributed by atoms with Gasteiger partial charge in [0.25, 0.3) is 5.85 Å². The molecule has 0 aromatic heterocycles. The van der Waals surface area contributed by atoms with E-state index in [-0.39, 0.29) is 0 Å². The predicted molar refractivity (Wildman–Crippen MR) is 50.7 cm³/mol. The molecule has 1 atom stereocenters. The van der Waals surface area contributed by atoms with Gasteiger partial charge in [-0.3, -0.25) is 0 Å². The number of ether oxygens (including phenoxy) is 2. The average molecular weight is 192 g/mol. The Bertz CT molecular complexity index is 470. The maximum absolute atomic E-state index is 5.19. The van der Waals surface area contributed by atoms with Crippen molar-refractivity contribution < 1.29 is 9.47 Å². The van der Waals surface area contributed by atoms with E-state index in [2.05, 4.69) is 9.98 Å². The molecule has 0 saturated heterocycles. The van der Waals surface area contributed by atoms with Crippen LogP contribution in [0.15, 0.2) is 28.2 Å². The Morgan fingerprint density at radius 1 is 1.21 bits per heavy atom. The first kappa shape index (κ1) is 9.15. The summed E-state index contributed by atoms with van der Waals surface area (Å²) in [4.78, 5) is 8.70. The van der Waals surface area contributed by atoms with E-state index in [0.29, 0.717) is 0 Å². The van der Waals surface area contributed by atoms with Crippen molar-refractivity contribution in [3.63, 3.8) is 0 Å². The molecule has 0 bridgehead atoms. The average Bonchev–Trinajstić information content (AvgIpc) is 2.54. The van der Waals surface area contributed by atoms with Gasteiger partial charge < -0.3 is 9.47 Å². The van der Waals surface area contributed by atoms with Crippen LogP contribution in [0.5, 0.6) is 5.75 Å². The number of methoxy groups -OCH3 is 2. The predicted octanol–water partition coefficient (Wildman–Crippen LogP) is 0.268. The van der Waals surface area contributed by atoms with Crippen LogP contribution < -0.4 is 15.5 Å². The third-order valence-electron chi connectivity index (χ3n) is 2.23. The van der Waals surface area contributed by atoms with E-state index < -0.39 is 5.85 Å². The lowest BCUT2D eigenvalue weighted by atomic mass is 10.3. The summed E-state index contributed by atoms with van der Waals surface area (Å²) in [5.41, 5.74) is 0. The molecule has 1 aromatic carbocycles. The van der Waals surface area contributed by atoms with E-state index >= 15 is 0 Å². The third kappa shape index (κ3) is 1.28. The molecule has 0 aliphatic carbocycles. The Balaban J connectivity index is 2.69. The highest BCUT2D eigenvalue weighted by molar-refractivity contribution is 5.22. The minimum Gasteiger partial charge on any atom is -0.494 e. The molecule has 14 heavy (non-hydrogen) atoms. The van der Waals surface area contributed by atoms with Gasteiger partial charge in [-0.25, -0.2) is 9.98 Å². The molecule has 1 aliphatic rings. The number of para-hydroxylation sites is 1. The Hall–Kier alpha value is -1.42. The van der Waals surface area contributed by atoms with Crippen LogP contribution in [0.3, 0.4) is 0 Å². The second kappa shape index (κ2) is 3.06. The topological polar surface area (TPSA) is 43.2 Å². The Kier molecular flexibility index (Phi) is 2.00. The fraction of sp³-hybridized carbons (Fsp3) is 0.400. The van der Waals surface area contributed by atoms with Crippen molar-refractivity contribution in [3.05, 3.63) is 28.9 Å². The van der Waals surface area contributed by atoms with Crippen LogP contribution in [0.1, 0.15) is 6.92 Å². The molecule has 4 heteroatoms. The summed E-state index contributed by atoms with van der Waals surface area (Å²) in [5, 5.41) is 1.58. The van der Waals surface area contributed by atoms with Crippen LogP contribution in [0.25, 0.3) is 0 Å². The normalized spacial score (nSPS) is 23.6. The molecule has 0 radical (unpaired) electrons. The van der Waals surface area contributed by atoms with E-state index in [9.17, 15) is 0 Å². The molecule has 1 aromatic rings. The first-order valence-electron chi connectivity index (χ1n) is 4.36. The van der Waals surface area contributed by atoms with Crippen LogP contribution in [-0.2, 0) is 4.74 Å². The lowest BCUT2D eigenvalue weighted by Crippen LogP contribution is -2.22. The molecule has 4 nitrogen and oxygen atoms in total.